The zero-order valence-corrected chi connectivity index (χ0v) is 13.8. The van der Waals surface area contributed by atoms with Gasteiger partial charge in [-0.15, -0.1) is 12.4 Å². The van der Waals surface area contributed by atoms with Crippen LogP contribution in [0.1, 0.15) is 12.8 Å². The van der Waals surface area contributed by atoms with Crippen molar-refractivity contribution in [3.8, 4) is 0 Å². The first-order chi connectivity index (χ1) is 9.58. The van der Waals surface area contributed by atoms with Gasteiger partial charge in [-0.3, -0.25) is 0 Å². The molecule has 0 aliphatic carbocycles. The smallest absolute Gasteiger partial charge is 0.321 e. The molecule has 1 atom stereocenters. The summed E-state index contributed by atoms with van der Waals surface area (Å²) in [4.78, 5) is 14.2. The number of anilines is 1. The molecular formula is C14H18Cl3N3O. The first-order valence-corrected chi connectivity index (χ1v) is 7.55. The SMILES string of the molecule is Cl.O=C(Nc1ccc(Cl)c(Cl)c1)N1CCC2(CCNC2)C1. The summed E-state index contributed by atoms with van der Waals surface area (Å²) in [5.41, 5.74) is 0.963. The lowest BCUT2D eigenvalue weighted by Gasteiger charge is -2.23. The van der Waals surface area contributed by atoms with E-state index in [1.54, 1.807) is 18.2 Å². The van der Waals surface area contributed by atoms with Gasteiger partial charge < -0.3 is 15.5 Å². The number of rotatable bonds is 1. The fraction of sp³-hybridized carbons (Fsp3) is 0.500. The maximum absolute atomic E-state index is 12.3. The van der Waals surface area contributed by atoms with Crippen LogP contribution in [0.3, 0.4) is 0 Å². The number of halogens is 3. The molecule has 4 nitrogen and oxygen atoms in total. The summed E-state index contributed by atoms with van der Waals surface area (Å²) in [5, 5.41) is 7.20. The number of likely N-dealkylation sites (tertiary alicyclic amines) is 1. The van der Waals surface area contributed by atoms with E-state index >= 15 is 0 Å². The Hall–Kier alpha value is -0.680. The Kier molecular flexibility index (Phi) is 5.25. The third kappa shape index (κ3) is 3.57. The van der Waals surface area contributed by atoms with Crippen molar-refractivity contribution < 1.29 is 4.79 Å². The highest BCUT2D eigenvalue weighted by atomic mass is 35.5. The van der Waals surface area contributed by atoms with Crippen LogP contribution in [0.5, 0.6) is 0 Å². The fourth-order valence-electron chi connectivity index (χ4n) is 3.03. The van der Waals surface area contributed by atoms with E-state index < -0.39 is 0 Å². The number of benzene rings is 1. The number of carbonyl (C=O) groups excluding carboxylic acids is 1. The monoisotopic (exact) mass is 349 g/mol. The molecule has 3 rings (SSSR count). The average molecular weight is 351 g/mol. The van der Waals surface area contributed by atoms with Crippen LogP contribution in [0.2, 0.25) is 10.0 Å². The second-order valence-corrected chi connectivity index (χ2v) is 6.47. The van der Waals surface area contributed by atoms with E-state index in [-0.39, 0.29) is 23.9 Å². The largest absolute Gasteiger partial charge is 0.324 e. The van der Waals surface area contributed by atoms with Crippen LogP contribution < -0.4 is 10.6 Å². The Labute approximate surface area is 140 Å². The zero-order valence-electron chi connectivity index (χ0n) is 11.5. The molecule has 2 heterocycles. The van der Waals surface area contributed by atoms with E-state index in [2.05, 4.69) is 10.6 Å². The molecule has 2 N–H and O–H groups in total. The number of urea groups is 1. The van der Waals surface area contributed by atoms with Crippen molar-refractivity contribution in [2.45, 2.75) is 12.8 Å². The average Bonchev–Trinajstić information content (AvgIpc) is 3.05. The predicted octanol–water partition coefficient (Wildman–Crippen LogP) is 3.63. The predicted molar refractivity (Wildman–Crippen MR) is 88.8 cm³/mol. The summed E-state index contributed by atoms with van der Waals surface area (Å²) in [6.07, 6.45) is 2.23. The Morgan fingerprint density at radius 3 is 2.76 bits per heavy atom. The van der Waals surface area contributed by atoms with Gasteiger partial charge in [0.15, 0.2) is 0 Å². The molecule has 2 aliphatic heterocycles. The van der Waals surface area contributed by atoms with Crippen LogP contribution in [0.4, 0.5) is 10.5 Å². The van der Waals surface area contributed by atoms with Crippen LogP contribution in [0.15, 0.2) is 18.2 Å². The van der Waals surface area contributed by atoms with Crippen LogP contribution in [-0.2, 0) is 0 Å². The number of carbonyl (C=O) groups is 1. The van der Waals surface area contributed by atoms with Gasteiger partial charge in [0.2, 0.25) is 0 Å². The van der Waals surface area contributed by atoms with Gasteiger partial charge in [-0.25, -0.2) is 4.79 Å². The van der Waals surface area contributed by atoms with E-state index in [0.29, 0.717) is 15.7 Å². The molecule has 2 saturated heterocycles. The molecule has 0 radical (unpaired) electrons. The van der Waals surface area contributed by atoms with E-state index in [4.69, 9.17) is 23.2 Å². The lowest BCUT2D eigenvalue weighted by Crippen LogP contribution is -2.36. The van der Waals surface area contributed by atoms with Crippen LogP contribution >= 0.6 is 35.6 Å². The number of hydrogen-bond donors (Lipinski definition) is 2. The van der Waals surface area contributed by atoms with Crippen LogP contribution in [-0.4, -0.2) is 37.1 Å². The van der Waals surface area contributed by atoms with Crippen LogP contribution in [0, 0.1) is 5.41 Å². The summed E-state index contributed by atoms with van der Waals surface area (Å²) in [7, 11) is 0. The molecule has 1 aromatic carbocycles. The maximum atomic E-state index is 12.3. The van der Waals surface area contributed by atoms with E-state index in [1.807, 2.05) is 4.90 Å². The second-order valence-electron chi connectivity index (χ2n) is 5.66. The Morgan fingerprint density at radius 2 is 2.10 bits per heavy atom. The van der Waals surface area contributed by atoms with Gasteiger partial charge in [0.05, 0.1) is 10.0 Å². The molecular weight excluding hydrogens is 333 g/mol. The van der Waals surface area contributed by atoms with Gasteiger partial charge in [0.1, 0.15) is 0 Å². The number of nitrogens with one attached hydrogen (secondary N) is 2. The molecule has 21 heavy (non-hydrogen) atoms. The van der Waals surface area contributed by atoms with Gasteiger partial charge >= 0.3 is 6.03 Å². The summed E-state index contributed by atoms with van der Waals surface area (Å²) in [6, 6.07) is 5.05. The molecule has 0 aromatic heterocycles. The minimum Gasteiger partial charge on any atom is -0.324 e. The number of hydrogen-bond acceptors (Lipinski definition) is 2. The number of nitrogens with zero attached hydrogens (tertiary/aromatic N) is 1. The highest BCUT2D eigenvalue weighted by Gasteiger charge is 2.41. The molecule has 0 saturated carbocycles. The van der Waals surface area contributed by atoms with Crippen molar-refractivity contribution in [1.82, 2.24) is 10.2 Å². The molecule has 1 aromatic rings. The minimum atomic E-state index is -0.0628. The zero-order chi connectivity index (χ0) is 14.2. The Morgan fingerprint density at radius 1 is 1.29 bits per heavy atom. The first kappa shape index (κ1) is 16.7. The molecule has 2 aliphatic rings. The standard InChI is InChI=1S/C14H17Cl2N3O.ClH/c15-11-2-1-10(7-12(11)16)18-13(20)19-6-4-14(9-19)3-5-17-8-14;/h1-2,7,17H,3-6,8-9H2,(H,18,20);1H. The molecule has 0 bridgehead atoms. The first-order valence-electron chi connectivity index (χ1n) is 6.80. The van der Waals surface area contributed by atoms with Gasteiger partial charge in [0, 0.05) is 30.7 Å². The van der Waals surface area contributed by atoms with Gasteiger partial charge in [-0.2, -0.15) is 0 Å². The summed E-state index contributed by atoms with van der Waals surface area (Å²) in [5.74, 6) is 0. The molecule has 2 amide bonds. The Balaban J connectivity index is 0.00000161. The number of amides is 2. The lowest BCUT2D eigenvalue weighted by atomic mass is 9.87. The highest BCUT2D eigenvalue weighted by molar-refractivity contribution is 6.42. The molecule has 116 valence electrons. The normalized spacial score (nSPS) is 24.2. The van der Waals surface area contributed by atoms with Crippen LogP contribution in [0.25, 0.3) is 0 Å². The van der Waals surface area contributed by atoms with Gasteiger partial charge in [-0.1, -0.05) is 23.2 Å². The van der Waals surface area contributed by atoms with Gasteiger partial charge in [0.25, 0.3) is 0 Å². The fourth-order valence-corrected chi connectivity index (χ4v) is 3.33. The molecule has 7 heteroatoms. The molecule has 1 unspecified atom stereocenters. The summed E-state index contributed by atoms with van der Waals surface area (Å²) in [6.45, 7) is 3.72. The third-order valence-corrected chi connectivity index (χ3v) is 4.97. The Bertz CT molecular complexity index is 532. The summed E-state index contributed by atoms with van der Waals surface area (Å²) >= 11 is 11.8. The van der Waals surface area contributed by atoms with Crippen molar-refractivity contribution in [1.29, 1.82) is 0 Å². The van der Waals surface area contributed by atoms with E-state index in [9.17, 15) is 4.79 Å². The maximum Gasteiger partial charge on any atom is 0.321 e. The van der Waals surface area contributed by atoms with Crippen molar-refractivity contribution in [3.63, 3.8) is 0 Å². The highest BCUT2D eigenvalue weighted by Crippen LogP contribution is 2.36. The van der Waals surface area contributed by atoms with E-state index in [0.717, 1.165) is 39.0 Å². The van der Waals surface area contributed by atoms with Crippen molar-refractivity contribution in [3.05, 3.63) is 28.2 Å². The van der Waals surface area contributed by atoms with Crippen molar-refractivity contribution >= 4 is 47.3 Å². The minimum absolute atomic E-state index is 0. The topological polar surface area (TPSA) is 44.4 Å². The molecule has 2 fully saturated rings. The van der Waals surface area contributed by atoms with Gasteiger partial charge in [-0.05, 0) is 37.6 Å². The third-order valence-electron chi connectivity index (χ3n) is 4.23. The second kappa shape index (κ2) is 6.61. The summed E-state index contributed by atoms with van der Waals surface area (Å²) < 4.78 is 0. The lowest BCUT2D eigenvalue weighted by molar-refractivity contribution is 0.215. The van der Waals surface area contributed by atoms with E-state index in [1.165, 1.54) is 0 Å². The quantitative estimate of drug-likeness (QED) is 0.812. The molecule has 1 spiro atoms. The van der Waals surface area contributed by atoms with Crippen molar-refractivity contribution in [2.24, 2.45) is 5.41 Å². The van der Waals surface area contributed by atoms with Crippen molar-refractivity contribution in [2.75, 3.05) is 31.5 Å².